The maximum Gasteiger partial charge on any atom is 0.141 e. The average Bonchev–Trinajstić information content (AvgIpc) is 2.49. The summed E-state index contributed by atoms with van der Waals surface area (Å²) in [5.41, 5.74) is 2.12. The van der Waals surface area contributed by atoms with Gasteiger partial charge in [-0.2, -0.15) is 0 Å². The van der Waals surface area contributed by atoms with Crippen molar-refractivity contribution in [3.05, 3.63) is 23.0 Å². The monoisotopic (exact) mass is 292 g/mol. The van der Waals surface area contributed by atoms with Crippen molar-refractivity contribution >= 4 is 0 Å². The van der Waals surface area contributed by atoms with Crippen molar-refractivity contribution in [2.24, 2.45) is 11.8 Å². The van der Waals surface area contributed by atoms with Crippen molar-refractivity contribution in [1.82, 2.24) is 10.3 Å². The van der Waals surface area contributed by atoms with Crippen molar-refractivity contribution in [2.75, 3.05) is 0 Å². The van der Waals surface area contributed by atoms with Crippen molar-refractivity contribution in [2.45, 2.75) is 65.6 Å². The molecule has 21 heavy (non-hydrogen) atoms. The first kappa shape index (κ1) is 16.2. The summed E-state index contributed by atoms with van der Waals surface area (Å²) >= 11 is 0. The van der Waals surface area contributed by atoms with Crippen molar-refractivity contribution < 1.29 is 10.2 Å². The van der Waals surface area contributed by atoms with Gasteiger partial charge < -0.3 is 15.5 Å². The molecule has 1 aromatic heterocycles. The van der Waals surface area contributed by atoms with E-state index in [4.69, 9.17) is 0 Å². The zero-order valence-corrected chi connectivity index (χ0v) is 13.4. The van der Waals surface area contributed by atoms with E-state index in [1.807, 2.05) is 0 Å². The second kappa shape index (κ2) is 7.23. The van der Waals surface area contributed by atoms with E-state index in [9.17, 15) is 10.2 Å². The molecule has 118 valence electrons. The van der Waals surface area contributed by atoms with Crippen LogP contribution in [0.1, 0.15) is 56.4 Å². The van der Waals surface area contributed by atoms with Crippen LogP contribution in [-0.4, -0.2) is 21.2 Å². The van der Waals surface area contributed by atoms with E-state index >= 15 is 0 Å². The number of aromatic nitrogens is 1. The molecule has 1 aliphatic rings. The van der Waals surface area contributed by atoms with Crippen LogP contribution in [0.4, 0.5) is 0 Å². The van der Waals surface area contributed by atoms with Crippen molar-refractivity contribution in [3.63, 3.8) is 0 Å². The number of pyridine rings is 1. The highest BCUT2D eigenvalue weighted by atomic mass is 16.3. The predicted octanol–water partition coefficient (Wildman–Crippen LogP) is 2.89. The Morgan fingerprint density at radius 3 is 2.71 bits per heavy atom. The van der Waals surface area contributed by atoms with Crippen LogP contribution in [0, 0.1) is 18.8 Å². The molecule has 0 radical (unpaired) electrons. The van der Waals surface area contributed by atoms with E-state index in [-0.39, 0.29) is 12.4 Å². The van der Waals surface area contributed by atoms with Crippen LogP contribution < -0.4 is 5.32 Å². The standard InChI is InChI=1S/C17H28N2O2/c1-11(2)14-6-4-5-7-16(14)19-9-15-13(10-20)8-18-12(3)17(15)21/h8,11,14,16,19-21H,4-7,9-10H2,1-3H3. The Balaban J connectivity index is 2.10. The molecule has 4 heteroatoms. The van der Waals surface area contributed by atoms with E-state index < -0.39 is 0 Å². The molecule has 1 saturated carbocycles. The van der Waals surface area contributed by atoms with Crippen LogP contribution in [0.3, 0.4) is 0 Å². The van der Waals surface area contributed by atoms with Gasteiger partial charge in [-0.3, -0.25) is 4.98 Å². The van der Waals surface area contributed by atoms with Gasteiger partial charge in [0.25, 0.3) is 0 Å². The fourth-order valence-electron chi connectivity index (χ4n) is 3.46. The number of nitrogens with one attached hydrogen (secondary N) is 1. The average molecular weight is 292 g/mol. The van der Waals surface area contributed by atoms with Crippen molar-refractivity contribution in [3.8, 4) is 5.75 Å². The van der Waals surface area contributed by atoms with Crippen LogP contribution in [0.15, 0.2) is 6.20 Å². The summed E-state index contributed by atoms with van der Waals surface area (Å²) in [6, 6.07) is 0.498. The number of rotatable bonds is 5. The van der Waals surface area contributed by atoms with Gasteiger partial charge in [-0.1, -0.05) is 26.7 Å². The third-order valence-electron chi connectivity index (χ3n) is 4.82. The summed E-state index contributed by atoms with van der Waals surface area (Å²) in [5.74, 6) is 1.58. The maximum atomic E-state index is 10.2. The molecule has 2 unspecified atom stereocenters. The highest BCUT2D eigenvalue weighted by molar-refractivity contribution is 5.40. The van der Waals surface area contributed by atoms with Crippen LogP contribution in [0.2, 0.25) is 0 Å². The minimum Gasteiger partial charge on any atom is -0.506 e. The minimum atomic E-state index is -0.0872. The van der Waals surface area contributed by atoms with Gasteiger partial charge in [0.2, 0.25) is 0 Å². The number of aliphatic hydroxyl groups is 1. The highest BCUT2D eigenvalue weighted by Gasteiger charge is 2.27. The Hall–Kier alpha value is -1.13. The first-order chi connectivity index (χ1) is 10.0. The topological polar surface area (TPSA) is 65.4 Å². The largest absolute Gasteiger partial charge is 0.506 e. The fourth-order valence-corrected chi connectivity index (χ4v) is 3.46. The van der Waals surface area contributed by atoms with Gasteiger partial charge in [-0.15, -0.1) is 0 Å². The lowest BCUT2D eigenvalue weighted by Crippen LogP contribution is -2.40. The molecule has 0 spiro atoms. The molecule has 0 aliphatic heterocycles. The van der Waals surface area contributed by atoms with E-state index in [0.717, 1.165) is 5.56 Å². The van der Waals surface area contributed by atoms with Gasteiger partial charge in [0.15, 0.2) is 0 Å². The normalized spacial score (nSPS) is 22.7. The number of aromatic hydroxyl groups is 1. The van der Waals surface area contributed by atoms with Crippen LogP contribution in [-0.2, 0) is 13.2 Å². The molecule has 4 nitrogen and oxygen atoms in total. The lowest BCUT2D eigenvalue weighted by molar-refractivity contribution is 0.203. The minimum absolute atomic E-state index is 0.0872. The lowest BCUT2D eigenvalue weighted by atomic mass is 9.78. The second-order valence-corrected chi connectivity index (χ2v) is 6.53. The number of aliphatic hydroxyl groups excluding tert-OH is 1. The smallest absolute Gasteiger partial charge is 0.141 e. The van der Waals surface area contributed by atoms with E-state index in [1.165, 1.54) is 25.7 Å². The first-order valence-corrected chi connectivity index (χ1v) is 8.05. The SMILES string of the molecule is Cc1ncc(CO)c(CNC2CCCCC2C(C)C)c1O. The summed E-state index contributed by atoms with van der Waals surface area (Å²) in [5, 5.41) is 23.2. The second-order valence-electron chi connectivity index (χ2n) is 6.53. The van der Waals surface area contributed by atoms with Gasteiger partial charge in [0.05, 0.1) is 12.3 Å². The number of hydrogen-bond acceptors (Lipinski definition) is 4. The van der Waals surface area contributed by atoms with E-state index in [0.29, 0.717) is 35.7 Å². The molecule has 1 aromatic rings. The van der Waals surface area contributed by atoms with Gasteiger partial charge >= 0.3 is 0 Å². The molecule has 0 amide bonds. The molecule has 0 bridgehead atoms. The first-order valence-electron chi connectivity index (χ1n) is 8.05. The number of aryl methyl sites for hydroxylation is 1. The molecule has 3 N–H and O–H groups in total. The zero-order valence-electron chi connectivity index (χ0n) is 13.4. The Bertz CT molecular complexity index is 474. The Morgan fingerprint density at radius 2 is 2.05 bits per heavy atom. The van der Waals surface area contributed by atoms with Gasteiger partial charge in [-0.05, 0) is 31.6 Å². The zero-order chi connectivity index (χ0) is 15.4. The number of nitrogens with zero attached hydrogens (tertiary/aromatic N) is 1. The molecule has 0 saturated heterocycles. The maximum absolute atomic E-state index is 10.2. The third kappa shape index (κ3) is 3.74. The van der Waals surface area contributed by atoms with Gasteiger partial charge in [0, 0.05) is 29.9 Å². The highest BCUT2D eigenvalue weighted by Crippen LogP contribution is 2.31. The van der Waals surface area contributed by atoms with Crippen LogP contribution in [0.25, 0.3) is 0 Å². The molecule has 0 aromatic carbocycles. The summed E-state index contributed by atoms with van der Waals surface area (Å²) < 4.78 is 0. The van der Waals surface area contributed by atoms with E-state index in [2.05, 4.69) is 24.1 Å². The van der Waals surface area contributed by atoms with Crippen molar-refractivity contribution in [1.29, 1.82) is 0 Å². The Morgan fingerprint density at radius 1 is 1.33 bits per heavy atom. The molecular formula is C17H28N2O2. The van der Waals surface area contributed by atoms with Gasteiger partial charge in [-0.25, -0.2) is 0 Å². The molecule has 1 aliphatic carbocycles. The third-order valence-corrected chi connectivity index (χ3v) is 4.82. The summed E-state index contributed by atoms with van der Waals surface area (Å²) in [6.07, 6.45) is 6.73. The summed E-state index contributed by atoms with van der Waals surface area (Å²) in [4.78, 5) is 4.11. The molecule has 1 heterocycles. The molecule has 1 fully saturated rings. The molecule has 2 rings (SSSR count). The predicted molar refractivity (Wildman–Crippen MR) is 84.0 cm³/mol. The Labute approximate surface area is 127 Å². The molecule has 2 atom stereocenters. The lowest BCUT2D eigenvalue weighted by Gasteiger charge is -2.35. The van der Waals surface area contributed by atoms with E-state index in [1.54, 1.807) is 13.1 Å². The summed E-state index contributed by atoms with van der Waals surface area (Å²) in [7, 11) is 0. The molecular weight excluding hydrogens is 264 g/mol. The van der Waals surface area contributed by atoms with Gasteiger partial charge in [0.1, 0.15) is 5.75 Å². The Kier molecular flexibility index (Phi) is 5.59. The van der Waals surface area contributed by atoms with Crippen LogP contribution >= 0.6 is 0 Å². The fraction of sp³-hybridized carbons (Fsp3) is 0.706. The number of hydrogen-bond donors (Lipinski definition) is 3. The summed E-state index contributed by atoms with van der Waals surface area (Å²) in [6.45, 7) is 6.88. The quantitative estimate of drug-likeness (QED) is 0.781. The van der Waals surface area contributed by atoms with Crippen LogP contribution in [0.5, 0.6) is 5.75 Å².